The maximum atomic E-state index is 12.7. The van der Waals surface area contributed by atoms with Crippen LogP contribution in [0.4, 0.5) is 5.69 Å². The molecule has 1 aliphatic heterocycles. The third kappa shape index (κ3) is 4.60. The van der Waals surface area contributed by atoms with E-state index in [1.165, 1.54) is 16.7 Å². The minimum absolute atomic E-state index is 0.0394. The number of hydrogen-bond acceptors (Lipinski definition) is 5. The van der Waals surface area contributed by atoms with Gasteiger partial charge in [0.1, 0.15) is 0 Å². The van der Waals surface area contributed by atoms with Crippen molar-refractivity contribution in [3.63, 3.8) is 0 Å². The first-order chi connectivity index (χ1) is 12.4. The molecule has 1 atom stereocenters. The van der Waals surface area contributed by atoms with Gasteiger partial charge in [0.05, 0.1) is 22.8 Å². The summed E-state index contributed by atoms with van der Waals surface area (Å²) < 4.78 is 23.3. The molecule has 6 nitrogen and oxygen atoms in total. The number of benzene rings is 1. The monoisotopic (exact) mass is 373 g/mol. The normalized spacial score (nSPS) is 18.4. The van der Waals surface area contributed by atoms with Gasteiger partial charge in [-0.05, 0) is 24.5 Å². The lowest BCUT2D eigenvalue weighted by molar-refractivity contribution is 0.0747. The zero-order valence-corrected chi connectivity index (χ0v) is 15.6. The van der Waals surface area contributed by atoms with E-state index < -0.39 is 9.84 Å². The van der Waals surface area contributed by atoms with E-state index in [9.17, 15) is 13.2 Å². The van der Waals surface area contributed by atoms with Crippen LogP contribution in [0.1, 0.15) is 22.3 Å². The molecule has 0 spiro atoms. The van der Waals surface area contributed by atoms with Crippen LogP contribution in [-0.2, 0) is 16.3 Å². The lowest BCUT2D eigenvalue weighted by atomic mass is 10.1. The van der Waals surface area contributed by atoms with Crippen LogP contribution in [-0.4, -0.2) is 55.3 Å². The van der Waals surface area contributed by atoms with Crippen LogP contribution in [0.25, 0.3) is 0 Å². The molecular formula is C19H23N3O3S. The SMILES string of the molecule is CN(C(=O)c1cncc(NCCc2ccccc2)c1)C1CCS(=O)(=O)C1. The smallest absolute Gasteiger partial charge is 0.255 e. The Kier molecular flexibility index (Phi) is 5.56. The Morgan fingerprint density at radius 2 is 2.04 bits per heavy atom. The molecule has 1 aliphatic rings. The molecule has 1 N–H and O–H groups in total. The number of pyridine rings is 1. The summed E-state index contributed by atoms with van der Waals surface area (Å²) in [5.74, 6) is -0.0157. The van der Waals surface area contributed by atoms with Gasteiger partial charge in [-0.25, -0.2) is 8.42 Å². The Balaban J connectivity index is 1.60. The molecule has 1 aromatic heterocycles. The van der Waals surface area contributed by atoms with Crippen molar-refractivity contribution in [1.82, 2.24) is 9.88 Å². The molecule has 138 valence electrons. The number of nitrogens with one attached hydrogen (secondary N) is 1. The highest BCUT2D eigenvalue weighted by Gasteiger charge is 2.33. The van der Waals surface area contributed by atoms with E-state index in [1.54, 1.807) is 19.3 Å². The van der Waals surface area contributed by atoms with Gasteiger partial charge in [0.15, 0.2) is 9.84 Å². The van der Waals surface area contributed by atoms with Crippen LogP contribution in [0.5, 0.6) is 0 Å². The van der Waals surface area contributed by atoms with Crippen molar-refractivity contribution in [3.05, 3.63) is 59.9 Å². The molecule has 7 heteroatoms. The van der Waals surface area contributed by atoms with Crippen molar-refractivity contribution in [1.29, 1.82) is 0 Å². The molecule has 0 aliphatic carbocycles. The van der Waals surface area contributed by atoms with Gasteiger partial charge in [-0.1, -0.05) is 30.3 Å². The van der Waals surface area contributed by atoms with E-state index in [-0.39, 0.29) is 23.5 Å². The number of carbonyl (C=O) groups is 1. The zero-order chi connectivity index (χ0) is 18.6. The molecule has 0 saturated carbocycles. The molecule has 1 saturated heterocycles. The number of sulfone groups is 1. The third-order valence-corrected chi connectivity index (χ3v) is 6.40. The van der Waals surface area contributed by atoms with E-state index in [4.69, 9.17) is 0 Å². The molecule has 3 rings (SSSR count). The average molecular weight is 373 g/mol. The minimum Gasteiger partial charge on any atom is -0.383 e. The van der Waals surface area contributed by atoms with E-state index >= 15 is 0 Å². The van der Waals surface area contributed by atoms with Crippen molar-refractivity contribution >= 4 is 21.4 Å². The van der Waals surface area contributed by atoms with E-state index in [0.717, 1.165) is 18.7 Å². The summed E-state index contributed by atoms with van der Waals surface area (Å²) in [6, 6.07) is 11.7. The van der Waals surface area contributed by atoms with Gasteiger partial charge in [-0.3, -0.25) is 9.78 Å². The fourth-order valence-corrected chi connectivity index (χ4v) is 4.87. The zero-order valence-electron chi connectivity index (χ0n) is 14.8. The van der Waals surface area contributed by atoms with Crippen LogP contribution >= 0.6 is 0 Å². The first-order valence-corrected chi connectivity index (χ1v) is 10.5. The van der Waals surface area contributed by atoms with E-state index in [2.05, 4.69) is 22.4 Å². The topological polar surface area (TPSA) is 79.4 Å². The van der Waals surface area contributed by atoms with Crippen molar-refractivity contribution in [2.75, 3.05) is 30.4 Å². The van der Waals surface area contributed by atoms with Gasteiger partial charge in [-0.15, -0.1) is 0 Å². The molecular weight excluding hydrogens is 350 g/mol. The first-order valence-electron chi connectivity index (χ1n) is 8.65. The third-order valence-electron chi connectivity index (χ3n) is 4.65. The number of carbonyl (C=O) groups excluding carboxylic acids is 1. The molecule has 1 unspecified atom stereocenters. The Labute approximate surface area is 154 Å². The maximum Gasteiger partial charge on any atom is 0.255 e. The largest absolute Gasteiger partial charge is 0.383 e. The van der Waals surface area contributed by atoms with E-state index in [1.807, 2.05) is 18.2 Å². The number of nitrogens with zero attached hydrogens (tertiary/aromatic N) is 2. The molecule has 1 aromatic carbocycles. The van der Waals surface area contributed by atoms with Crippen LogP contribution in [0.2, 0.25) is 0 Å². The van der Waals surface area contributed by atoms with Crippen molar-refractivity contribution in [2.45, 2.75) is 18.9 Å². The number of rotatable bonds is 6. The number of anilines is 1. The fourth-order valence-electron chi connectivity index (χ4n) is 3.10. The second-order valence-electron chi connectivity index (χ2n) is 6.60. The summed E-state index contributed by atoms with van der Waals surface area (Å²) in [6.45, 7) is 0.736. The highest BCUT2D eigenvalue weighted by molar-refractivity contribution is 7.91. The average Bonchev–Trinajstić information content (AvgIpc) is 3.01. The Hall–Kier alpha value is -2.41. The van der Waals surface area contributed by atoms with Gasteiger partial charge in [-0.2, -0.15) is 0 Å². The highest BCUT2D eigenvalue weighted by Crippen LogP contribution is 2.19. The minimum atomic E-state index is -3.02. The van der Waals surface area contributed by atoms with Gasteiger partial charge in [0, 0.05) is 32.0 Å². The second kappa shape index (κ2) is 7.86. The second-order valence-corrected chi connectivity index (χ2v) is 8.83. The van der Waals surface area contributed by atoms with Gasteiger partial charge in [0.25, 0.3) is 5.91 Å². The summed E-state index contributed by atoms with van der Waals surface area (Å²) in [4.78, 5) is 18.3. The molecule has 26 heavy (non-hydrogen) atoms. The van der Waals surface area contributed by atoms with Crippen LogP contribution in [0.3, 0.4) is 0 Å². The maximum absolute atomic E-state index is 12.7. The lowest BCUT2D eigenvalue weighted by Crippen LogP contribution is -2.37. The lowest BCUT2D eigenvalue weighted by Gasteiger charge is -2.23. The highest BCUT2D eigenvalue weighted by atomic mass is 32.2. The number of amides is 1. The Morgan fingerprint density at radius 3 is 2.73 bits per heavy atom. The number of aromatic nitrogens is 1. The summed E-state index contributed by atoms with van der Waals surface area (Å²) in [5, 5.41) is 3.28. The summed E-state index contributed by atoms with van der Waals surface area (Å²) in [7, 11) is -1.37. The van der Waals surface area contributed by atoms with Crippen LogP contribution < -0.4 is 5.32 Å². The predicted molar refractivity (Wildman–Crippen MR) is 102 cm³/mol. The summed E-state index contributed by atoms with van der Waals surface area (Å²) >= 11 is 0. The summed E-state index contributed by atoms with van der Waals surface area (Å²) in [6.07, 6.45) is 4.57. The Bertz CT molecular complexity index is 869. The van der Waals surface area contributed by atoms with Crippen LogP contribution in [0, 0.1) is 0 Å². The van der Waals surface area contributed by atoms with Gasteiger partial charge < -0.3 is 10.2 Å². The van der Waals surface area contributed by atoms with Crippen LogP contribution in [0.15, 0.2) is 48.8 Å². The van der Waals surface area contributed by atoms with E-state index in [0.29, 0.717) is 12.0 Å². The number of hydrogen-bond donors (Lipinski definition) is 1. The standard InChI is InChI=1S/C19H23N3O3S/c1-22(18-8-10-26(24,25)14-18)19(23)16-11-17(13-20-12-16)21-9-7-15-5-3-2-4-6-15/h2-6,11-13,18,21H,7-10,14H2,1H3. The first kappa shape index (κ1) is 18.4. The van der Waals surface area contributed by atoms with Crippen molar-refractivity contribution < 1.29 is 13.2 Å². The van der Waals surface area contributed by atoms with Crippen molar-refractivity contribution in [2.24, 2.45) is 0 Å². The Morgan fingerprint density at radius 1 is 1.27 bits per heavy atom. The molecule has 0 bridgehead atoms. The predicted octanol–water partition coefficient (Wildman–Crippen LogP) is 2.00. The van der Waals surface area contributed by atoms with Crippen molar-refractivity contribution in [3.8, 4) is 0 Å². The molecule has 0 radical (unpaired) electrons. The quantitative estimate of drug-likeness (QED) is 0.838. The van der Waals surface area contributed by atoms with Gasteiger partial charge >= 0.3 is 0 Å². The molecule has 1 fully saturated rings. The fraction of sp³-hybridized carbons (Fsp3) is 0.368. The van der Waals surface area contributed by atoms with Gasteiger partial charge in [0.2, 0.25) is 0 Å². The molecule has 2 aromatic rings. The molecule has 1 amide bonds. The molecule has 2 heterocycles. The summed E-state index contributed by atoms with van der Waals surface area (Å²) in [5.41, 5.74) is 2.48.